The maximum Gasteiger partial charge on any atom is 0.279 e. The van der Waals surface area contributed by atoms with Gasteiger partial charge in [0.05, 0.1) is 7.05 Å². The van der Waals surface area contributed by atoms with Crippen LogP contribution in [0.15, 0.2) is 40.6 Å². The summed E-state index contributed by atoms with van der Waals surface area (Å²) in [4.78, 5) is 30.5. The van der Waals surface area contributed by atoms with E-state index in [1.165, 1.54) is 21.8 Å². The maximum atomic E-state index is 12.3. The zero-order valence-electron chi connectivity index (χ0n) is 14.5. The molecule has 1 atom stereocenters. The second-order valence-electron chi connectivity index (χ2n) is 6.27. The van der Waals surface area contributed by atoms with Crippen LogP contribution in [0.2, 0.25) is 0 Å². The average molecular weight is 357 g/mol. The van der Waals surface area contributed by atoms with Crippen molar-refractivity contribution in [2.24, 2.45) is 0 Å². The number of thiazole rings is 1. The van der Waals surface area contributed by atoms with Crippen molar-refractivity contribution in [1.82, 2.24) is 9.38 Å². The van der Waals surface area contributed by atoms with E-state index in [1.807, 2.05) is 44.5 Å². The number of hydrogen-bond acceptors (Lipinski definition) is 4. The monoisotopic (exact) mass is 357 g/mol. The van der Waals surface area contributed by atoms with Crippen LogP contribution in [-0.4, -0.2) is 28.9 Å². The number of aryl methyl sites for hydroxylation is 2. The third-order valence-electron chi connectivity index (χ3n) is 4.05. The van der Waals surface area contributed by atoms with Crippen molar-refractivity contribution in [2.75, 3.05) is 18.9 Å². The van der Waals surface area contributed by atoms with Gasteiger partial charge in [-0.3, -0.25) is 14.0 Å². The molecule has 1 aromatic carbocycles. The Labute approximate surface area is 149 Å². The van der Waals surface area contributed by atoms with Gasteiger partial charge in [0.1, 0.15) is 12.2 Å². The summed E-state index contributed by atoms with van der Waals surface area (Å²) < 4.78 is 1.52. The minimum atomic E-state index is -0.0889. The lowest BCUT2D eigenvalue weighted by atomic mass is 10.1. The number of amides is 1. The van der Waals surface area contributed by atoms with Gasteiger partial charge in [-0.2, -0.15) is 0 Å². The van der Waals surface area contributed by atoms with Crippen LogP contribution in [-0.2, 0) is 11.3 Å². The highest BCUT2D eigenvalue weighted by molar-refractivity contribution is 7.15. The first kappa shape index (κ1) is 17.3. The van der Waals surface area contributed by atoms with Crippen molar-refractivity contribution in [2.45, 2.75) is 20.4 Å². The topological polar surface area (TPSA) is 67.9 Å². The Kier molecular flexibility index (Phi) is 4.96. The Morgan fingerprint density at radius 2 is 2.04 bits per heavy atom. The van der Waals surface area contributed by atoms with Gasteiger partial charge in [-0.15, -0.1) is 11.3 Å². The van der Waals surface area contributed by atoms with E-state index in [9.17, 15) is 9.59 Å². The Morgan fingerprint density at radius 1 is 1.32 bits per heavy atom. The molecule has 2 N–H and O–H groups in total. The van der Waals surface area contributed by atoms with Crippen LogP contribution >= 0.6 is 11.3 Å². The van der Waals surface area contributed by atoms with E-state index in [4.69, 9.17) is 0 Å². The summed E-state index contributed by atoms with van der Waals surface area (Å²) in [6.45, 7) is 4.78. The lowest BCUT2D eigenvalue weighted by Gasteiger charge is -2.15. The van der Waals surface area contributed by atoms with Crippen LogP contribution in [0.25, 0.3) is 4.96 Å². The molecule has 0 aliphatic carbocycles. The second kappa shape index (κ2) is 7.16. The highest BCUT2D eigenvalue weighted by atomic mass is 32.1. The van der Waals surface area contributed by atoms with E-state index < -0.39 is 0 Å². The number of nitrogens with one attached hydrogen (secondary N) is 2. The van der Waals surface area contributed by atoms with E-state index in [0.29, 0.717) is 23.7 Å². The van der Waals surface area contributed by atoms with Gasteiger partial charge in [0.2, 0.25) is 0 Å². The van der Waals surface area contributed by atoms with Gasteiger partial charge in [-0.25, -0.2) is 4.98 Å². The fraction of sp³-hybridized carbons (Fsp3) is 0.278. The number of carbonyl (C=O) groups is 1. The Balaban J connectivity index is 1.66. The van der Waals surface area contributed by atoms with Crippen LogP contribution in [0.1, 0.15) is 16.8 Å². The molecule has 1 unspecified atom stereocenters. The molecule has 0 aliphatic heterocycles. The fourth-order valence-corrected chi connectivity index (χ4v) is 3.56. The number of hydrogen-bond donors (Lipinski definition) is 2. The number of carbonyl (C=O) groups excluding carboxylic acids is 1. The van der Waals surface area contributed by atoms with Crippen molar-refractivity contribution >= 4 is 27.9 Å². The first-order valence-electron chi connectivity index (χ1n) is 8.07. The van der Waals surface area contributed by atoms with Crippen molar-refractivity contribution < 1.29 is 9.69 Å². The third-order valence-corrected chi connectivity index (χ3v) is 4.80. The van der Waals surface area contributed by atoms with E-state index >= 15 is 0 Å². The third kappa shape index (κ3) is 3.94. The zero-order valence-corrected chi connectivity index (χ0v) is 15.3. The smallest absolute Gasteiger partial charge is 0.279 e. The molecule has 0 saturated heterocycles. The molecule has 3 rings (SSSR count). The van der Waals surface area contributed by atoms with Crippen molar-refractivity contribution in [3.63, 3.8) is 0 Å². The number of fused-ring (bicyclic) bond motifs is 1. The molecule has 25 heavy (non-hydrogen) atoms. The summed E-state index contributed by atoms with van der Waals surface area (Å²) in [6, 6.07) is 7.47. The molecule has 3 aromatic rings. The molecule has 0 radical (unpaired) electrons. The predicted octanol–water partition coefficient (Wildman–Crippen LogP) is 1.03. The predicted molar refractivity (Wildman–Crippen MR) is 99.3 cm³/mol. The van der Waals surface area contributed by atoms with Crippen LogP contribution < -0.4 is 15.8 Å². The molecular formula is C18H21N4O2S+. The highest BCUT2D eigenvalue weighted by Gasteiger charge is 2.14. The Morgan fingerprint density at radius 3 is 2.76 bits per heavy atom. The van der Waals surface area contributed by atoms with Crippen LogP contribution in [0.5, 0.6) is 0 Å². The standard InChI is InChI=1S/C18H20N4O2S/c1-12-5-4-6-13(2)17(12)20-15(23)11-21(3)10-14-9-16(24)22-7-8-25-18(22)19-14/h4-9H,10-11H2,1-3H3,(H,20,23)/p+1. The van der Waals surface area contributed by atoms with Gasteiger partial charge in [0.15, 0.2) is 11.5 Å². The quantitative estimate of drug-likeness (QED) is 0.717. The molecular weight excluding hydrogens is 336 g/mol. The molecule has 130 valence electrons. The van der Waals surface area contributed by atoms with Gasteiger partial charge >= 0.3 is 0 Å². The number of anilines is 1. The largest absolute Gasteiger partial charge is 0.325 e. The molecule has 2 heterocycles. The number of benzene rings is 1. The molecule has 0 spiro atoms. The number of likely N-dealkylation sites (N-methyl/N-ethyl adjacent to an activating group) is 1. The molecule has 0 fully saturated rings. The van der Waals surface area contributed by atoms with E-state index in [2.05, 4.69) is 10.3 Å². The van der Waals surface area contributed by atoms with Crippen molar-refractivity contribution in [3.8, 4) is 0 Å². The number of para-hydroxylation sites is 1. The lowest BCUT2D eigenvalue weighted by molar-refractivity contribution is -0.885. The van der Waals surface area contributed by atoms with E-state index in [0.717, 1.165) is 21.7 Å². The van der Waals surface area contributed by atoms with Gasteiger partial charge < -0.3 is 10.2 Å². The Hall–Kier alpha value is -2.51. The first-order chi connectivity index (χ1) is 11.9. The second-order valence-corrected chi connectivity index (χ2v) is 7.14. The molecule has 1 amide bonds. The lowest BCUT2D eigenvalue weighted by Crippen LogP contribution is -3.08. The van der Waals surface area contributed by atoms with E-state index in [1.54, 1.807) is 6.20 Å². The molecule has 2 aromatic heterocycles. The van der Waals surface area contributed by atoms with Gasteiger partial charge in [-0.05, 0) is 25.0 Å². The highest BCUT2D eigenvalue weighted by Crippen LogP contribution is 2.18. The molecule has 0 aliphatic rings. The van der Waals surface area contributed by atoms with E-state index in [-0.39, 0.29) is 11.5 Å². The zero-order chi connectivity index (χ0) is 18.0. The molecule has 6 nitrogen and oxygen atoms in total. The first-order valence-corrected chi connectivity index (χ1v) is 8.95. The number of nitrogens with zero attached hydrogens (tertiary/aromatic N) is 2. The number of quaternary nitrogens is 1. The summed E-state index contributed by atoms with van der Waals surface area (Å²) in [7, 11) is 1.92. The SMILES string of the molecule is Cc1cccc(C)c1NC(=O)C[NH+](C)Cc1cc(=O)n2ccsc2n1. The normalized spacial score (nSPS) is 12.3. The van der Waals surface area contributed by atoms with Gasteiger partial charge in [0, 0.05) is 23.3 Å². The van der Waals surface area contributed by atoms with Gasteiger partial charge in [-0.1, -0.05) is 18.2 Å². The molecule has 0 bridgehead atoms. The molecule has 7 heteroatoms. The summed E-state index contributed by atoms with van der Waals surface area (Å²) in [5.74, 6) is -0.0520. The Bertz CT molecular complexity index is 956. The van der Waals surface area contributed by atoms with Crippen LogP contribution in [0, 0.1) is 13.8 Å². The number of aromatic nitrogens is 2. The summed E-state index contributed by atoms with van der Waals surface area (Å²) in [6.07, 6.45) is 1.72. The number of rotatable bonds is 5. The van der Waals surface area contributed by atoms with Gasteiger partial charge in [0.25, 0.3) is 11.5 Å². The van der Waals surface area contributed by atoms with Crippen molar-refractivity contribution in [1.29, 1.82) is 0 Å². The summed E-state index contributed by atoms with van der Waals surface area (Å²) in [5.41, 5.74) is 3.57. The van der Waals surface area contributed by atoms with Crippen LogP contribution in [0.3, 0.4) is 0 Å². The van der Waals surface area contributed by atoms with Crippen LogP contribution in [0.4, 0.5) is 5.69 Å². The fourth-order valence-electron chi connectivity index (χ4n) is 2.82. The maximum absolute atomic E-state index is 12.3. The minimum absolute atomic E-state index is 0.0520. The molecule has 0 saturated carbocycles. The average Bonchev–Trinajstić information content (AvgIpc) is 3.00. The summed E-state index contributed by atoms with van der Waals surface area (Å²) >= 11 is 1.42. The minimum Gasteiger partial charge on any atom is -0.325 e. The van der Waals surface area contributed by atoms with Crippen molar-refractivity contribution in [3.05, 3.63) is 63.0 Å². The summed E-state index contributed by atoms with van der Waals surface area (Å²) in [5, 5.41) is 4.82.